The molecule has 0 spiro atoms. The maximum Gasteiger partial charge on any atom is 0.255 e. The maximum atomic E-state index is 12.7. The lowest BCUT2D eigenvalue weighted by Gasteiger charge is -2.30. The Hall–Kier alpha value is -2.38. The summed E-state index contributed by atoms with van der Waals surface area (Å²) in [4.78, 5) is 26.6. The van der Waals surface area contributed by atoms with Gasteiger partial charge in [-0.1, -0.05) is 6.58 Å². The van der Waals surface area contributed by atoms with Gasteiger partial charge in [0.15, 0.2) is 0 Å². The van der Waals surface area contributed by atoms with Gasteiger partial charge in [-0.3, -0.25) is 9.59 Å². The topological polar surface area (TPSA) is 93.9 Å². The van der Waals surface area contributed by atoms with Crippen molar-refractivity contribution in [1.29, 1.82) is 0 Å². The quantitative estimate of drug-likeness (QED) is 0.839. The fraction of sp³-hybridized carbons (Fsp3) is 0.474. The van der Waals surface area contributed by atoms with Crippen LogP contribution in [0.5, 0.6) is 5.75 Å². The van der Waals surface area contributed by atoms with Crippen LogP contribution in [0.2, 0.25) is 0 Å². The molecule has 7 nitrogen and oxygen atoms in total. The first kappa shape index (κ1) is 17.1. The van der Waals surface area contributed by atoms with Gasteiger partial charge in [-0.15, -0.1) is 0 Å². The average Bonchev–Trinajstić information content (AvgIpc) is 2.93. The van der Waals surface area contributed by atoms with E-state index in [2.05, 4.69) is 11.9 Å². The molecule has 4 rings (SSSR count). The molecule has 138 valence electrons. The predicted octanol–water partition coefficient (Wildman–Crippen LogP) is 0.930. The zero-order valence-corrected chi connectivity index (χ0v) is 14.6. The SMILES string of the molecule is C=C1CCC(N2Cc3cc(OC4CCOCC4N)ccc3C2=O)C(=O)N1. The molecule has 1 aromatic carbocycles. The predicted molar refractivity (Wildman–Crippen MR) is 94.4 cm³/mol. The Balaban J connectivity index is 1.49. The van der Waals surface area contributed by atoms with Gasteiger partial charge in [0.2, 0.25) is 5.91 Å². The zero-order valence-electron chi connectivity index (χ0n) is 14.6. The first-order chi connectivity index (χ1) is 12.5. The molecule has 3 unspecified atom stereocenters. The number of nitrogens with zero attached hydrogens (tertiary/aromatic N) is 1. The number of hydrogen-bond acceptors (Lipinski definition) is 5. The molecular formula is C19H23N3O4. The lowest BCUT2D eigenvalue weighted by Crippen LogP contribution is -2.49. The largest absolute Gasteiger partial charge is 0.489 e. The van der Waals surface area contributed by atoms with Crippen molar-refractivity contribution in [1.82, 2.24) is 10.2 Å². The summed E-state index contributed by atoms with van der Waals surface area (Å²) in [5.74, 6) is 0.427. The number of amides is 2. The maximum absolute atomic E-state index is 12.7. The molecular weight excluding hydrogens is 334 g/mol. The van der Waals surface area contributed by atoms with Crippen LogP contribution in [-0.4, -0.2) is 48.1 Å². The normalized spacial score (nSPS) is 28.7. The van der Waals surface area contributed by atoms with Gasteiger partial charge in [0, 0.05) is 24.2 Å². The fourth-order valence-electron chi connectivity index (χ4n) is 3.77. The van der Waals surface area contributed by atoms with E-state index in [1.165, 1.54) is 0 Å². The molecule has 0 saturated carbocycles. The Morgan fingerprint density at radius 1 is 1.31 bits per heavy atom. The summed E-state index contributed by atoms with van der Waals surface area (Å²) in [5, 5.41) is 2.75. The third kappa shape index (κ3) is 3.08. The van der Waals surface area contributed by atoms with Crippen LogP contribution in [0, 0.1) is 0 Å². The van der Waals surface area contributed by atoms with Crippen LogP contribution in [0.15, 0.2) is 30.5 Å². The summed E-state index contributed by atoms with van der Waals surface area (Å²) in [7, 11) is 0. The smallest absolute Gasteiger partial charge is 0.255 e. The molecule has 0 bridgehead atoms. The zero-order chi connectivity index (χ0) is 18.3. The highest BCUT2D eigenvalue weighted by Gasteiger charge is 2.38. The van der Waals surface area contributed by atoms with E-state index in [-0.39, 0.29) is 24.0 Å². The molecule has 0 aliphatic carbocycles. The highest BCUT2D eigenvalue weighted by atomic mass is 16.5. The van der Waals surface area contributed by atoms with Gasteiger partial charge >= 0.3 is 0 Å². The van der Waals surface area contributed by atoms with E-state index >= 15 is 0 Å². The Morgan fingerprint density at radius 3 is 2.92 bits per heavy atom. The Labute approximate surface area is 152 Å². The van der Waals surface area contributed by atoms with E-state index in [0.717, 1.165) is 12.0 Å². The van der Waals surface area contributed by atoms with Gasteiger partial charge in [-0.2, -0.15) is 0 Å². The summed E-state index contributed by atoms with van der Waals surface area (Å²) in [5.41, 5.74) is 8.26. The molecule has 3 atom stereocenters. The lowest BCUT2D eigenvalue weighted by atomic mass is 10.0. The number of carbonyl (C=O) groups excluding carboxylic acids is 2. The van der Waals surface area contributed by atoms with Crippen LogP contribution in [-0.2, 0) is 16.1 Å². The van der Waals surface area contributed by atoms with Crippen LogP contribution < -0.4 is 15.8 Å². The van der Waals surface area contributed by atoms with E-state index in [4.69, 9.17) is 15.2 Å². The molecule has 3 aliphatic rings. The summed E-state index contributed by atoms with van der Waals surface area (Å²) >= 11 is 0. The standard InChI is InChI=1S/C19H23N3O4/c1-11-2-5-16(18(23)21-11)22-9-12-8-13(3-4-14(12)19(22)24)26-17-6-7-25-10-15(17)20/h3-4,8,15-17H,1-2,5-7,9-10,20H2,(H,21,23). The molecule has 0 radical (unpaired) electrons. The number of nitrogens with two attached hydrogens (primary N) is 1. The molecule has 2 fully saturated rings. The second-order valence-electron chi connectivity index (χ2n) is 7.08. The number of fused-ring (bicyclic) bond motifs is 1. The Bertz CT molecular complexity index is 763. The number of rotatable bonds is 3. The molecule has 1 aromatic rings. The van der Waals surface area contributed by atoms with Crippen LogP contribution >= 0.6 is 0 Å². The fourth-order valence-corrected chi connectivity index (χ4v) is 3.77. The minimum absolute atomic E-state index is 0.0925. The summed E-state index contributed by atoms with van der Waals surface area (Å²) in [6.45, 7) is 5.33. The minimum atomic E-state index is -0.450. The molecule has 2 amide bonds. The van der Waals surface area contributed by atoms with E-state index < -0.39 is 6.04 Å². The number of hydrogen-bond donors (Lipinski definition) is 2. The molecule has 3 N–H and O–H groups in total. The van der Waals surface area contributed by atoms with Crippen molar-refractivity contribution in [3.05, 3.63) is 41.6 Å². The lowest BCUT2D eigenvalue weighted by molar-refractivity contribution is -0.126. The second kappa shape index (κ2) is 6.74. The van der Waals surface area contributed by atoms with E-state index in [1.54, 1.807) is 17.0 Å². The van der Waals surface area contributed by atoms with Crippen LogP contribution in [0.4, 0.5) is 0 Å². The highest BCUT2D eigenvalue weighted by molar-refractivity contribution is 6.01. The van der Waals surface area contributed by atoms with Crippen LogP contribution in [0.1, 0.15) is 35.2 Å². The van der Waals surface area contributed by atoms with E-state index in [9.17, 15) is 9.59 Å². The first-order valence-electron chi connectivity index (χ1n) is 8.95. The number of allylic oxidation sites excluding steroid dienone is 1. The van der Waals surface area contributed by atoms with Crippen molar-refractivity contribution in [2.24, 2.45) is 5.73 Å². The van der Waals surface area contributed by atoms with Crippen molar-refractivity contribution >= 4 is 11.8 Å². The van der Waals surface area contributed by atoms with Crippen molar-refractivity contribution in [2.45, 2.75) is 44.0 Å². The number of ether oxygens (including phenoxy) is 2. The highest BCUT2D eigenvalue weighted by Crippen LogP contribution is 2.31. The van der Waals surface area contributed by atoms with Crippen molar-refractivity contribution in [3.8, 4) is 5.75 Å². The molecule has 0 aromatic heterocycles. The van der Waals surface area contributed by atoms with Crippen LogP contribution in [0.25, 0.3) is 0 Å². The van der Waals surface area contributed by atoms with Gasteiger partial charge in [0.1, 0.15) is 17.9 Å². The first-order valence-corrected chi connectivity index (χ1v) is 8.95. The number of carbonyl (C=O) groups is 2. The molecule has 2 saturated heterocycles. The summed E-state index contributed by atoms with van der Waals surface area (Å²) in [6.07, 6.45) is 1.94. The molecule has 3 aliphatic heterocycles. The average molecular weight is 357 g/mol. The Kier molecular flexibility index (Phi) is 4.42. The van der Waals surface area contributed by atoms with Crippen molar-refractivity contribution in [2.75, 3.05) is 13.2 Å². The number of nitrogens with one attached hydrogen (secondary N) is 1. The van der Waals surface area contributed by atoms with Gasteiger partial charge < -0.3 is 25.4 Å². The third-order valence-electron chi connectivity index (χ3n) is 5.23. The molecule has 3 heterocycles. The Morgan fingerprint density at radius 2 is 2.15 bits per heavy atom. The van der Waals surface area contributed by atoms with Gasteiger partial charge in [0.05, 0.1) is 19.3 Å². The van der Waals surface area contributed by atoms with Crippen molar-refractivity contribution < 1.29 is 19.1 Å². The molecule has 7 heteroatoms. The van der Waals surface area contributed by atoms with Crippen LogP contribution in [0.3, 0.4) is 0 Å². The number of benzene rings is 1. The second-order valence-corrected chi connectivity index (χ2v) is 7.08. The summed E-state index contributed by atoms with van der Waals surface area (Å²) < 4.78 is 11.4. The van der Waals surface area contributed by atoms with Gasteiger partial charge in [-0.25, -0.2) is 0 Å². The summed E-state index contributed by atoms with van der Waals surface area (Å²) in [6, 6.07) is 4.85. The monoisotopic (exact) mass is 357 g/mol. The van der Waals surface area contributed by atoms with Gasteiger partial charge in [-0.05, 0) is 36.6 Å². The number of piperidine rings is 1. The van der Waals surface area contributed by atoms with Gasteiger partial charge in [0.25, 0.3) is 5.91 Å². The van der Waals surface area contributed by atoms with E-state index in [0.29, 0.717) is 49.6 Å². The molecule has 26 heavy (non-hydrogen) atoms. The minimum Gasteiger partial charge on any atom is -0.489 e. The third-order valence-corrected chi connectivity index (χ3v) is 5.23. The van der Waals surface area contributed by atoms with Crippen molar-refractivity contribution in [3.63, 3.8) is 0 Å². The van der Waals surface area contributed by atoms with E-state index in [1.807, 2.05) is 6.07 Å².